The Hall–Kier alpha value is -0.190. The molecule has 0 bridgehead atoms. The van der Waals surface area contributed by atoms with Gasteiger partial charge in [0.25, 0.3) is 0 Å². The van der Waals surface area contributed by atoms with E-state index in [0.717, 1.165) is 12.8 Å². The molecule has 0 radical (unpaired) electrons. The van der Waals surface area contributed by atoms with E-state index < -0.39 is 7.82 Å². The lowest BCUT2D eigenvalue weighted by Crippen LogP contribution is -2.04. The van der Waals surface area contributed by atoms with Crippen molar-refractivity contribution in [3.05, 3.63) is 12.7 Å². The molecule has 0 spiro atoms. The standard InChI is InChI=1S/C12H27O5P.C6H12/c1-2-3-4-5-6-7-8-9-10-16-11-12-17-18(13,14)15;1-5-6(2,3)4/h2-12H2,1H3,(H2,13,14,15);5H,1H2,2-4H3. The molecule has 0 aliphatic carbocycles. The molecule has 0 aromatic heterocycles. The van der Waals surface area contributed by atoms with Gasteiger partial charge in [0.2, 0.25) is 0 Å². The third-order valence-corrected chi connectivity index (χ3v) is 3.76. The Morgan fingerprint density at radius 3 is 1.79 bits per heavy atom. The monoisotopic (exact) mass is 366 g/mol. The maximum atomic E-state index is 10.3. The van der Waals surface area contributed by atoms with Gasteiger partial charge in [-0.2, -0.15) is 0 Å². The van der Waals surface area contributed by atoms with E-state index in [1.165, 1.54) is 38.5 Å². The van der Waals surface area contributed by atoms with Gasteiger partial charge in [0.1, 0.15) is 0 Å². The van der Waals surface area contributed by atoms with Gasteiger partial charge in [0.15, 0.2) is 0 Å². The highest BCUT2D eigenvalue weighted by molar-refractivity contribution is 7.46. The van der Waals surface area contributed by atoms with Crippen LogP contribution in [0.4, 0.5) is 0 Å². The van der Waals surface area contributed by atoms with Gasteiger partial charge in [0.05, 0.1) is 13.2 Å². The molecule has 146 valence electrons. The molecule has 6 heteroatoms. The number of rotatable bonds is 13. The Morgan fingerprint density at radius 2 is 1.38 bits per heavy atom. The number of phosphoric acid groups is 1. The van der Waals surface area contributed by atoms with Crippen molar-refractivity contribution in [1.82, 2.24) is 0 Å². The summed E-state index contributed by atoms with van der Waals surface area (Å²) < 4.78 is 19.8. The third-order valence-electron chi connectivity index (χ3n) is 3.24. The highest BCUT2D eigenvalue weighted by atomic mass is 31.2. The van der Waals surface area contributed by atoms with E-state index in [-0.39, 0.29) is 13.2 Å². The fourth-order valence-corrected chi connectivity index (χ4v) is 1.97. The predicted molar refractivity (Wildman–Crippen MR) is 101 cm³/mol. The first kappa shape index (κ1) is 26.0. The van der Waals surface area contributed by atoms with Crippen LogP contribution in [0.25, 0.3) is 0 Å². The maximum absolute atomic E-state index is 10.3. The fourth-order valence-electron chi connectivity index (χ4n) is 1.66. The van der Waals surface area contributed by atoms with Crippen molar-refractivity contribution in [3.63, 3.8) is 0 Å². The average Bonchev–Trinajstić information content (AvgIpc) is 2.47. The molecule has 0 saturated carbocycles. The molecule has 0 aromatic carbocycles. The van der Waals surface area contributed by atoms with Crippen LogP contribution in [-0.2, 0) is 13.8 Å². The quantitative estimate of drug-likeness (QED) is 0.257. The molecule has 0 unspecified atom stereocenters. The van der Waals surface area contributed by atoms with Crippen molar-refractivity contribution >= 4 is 7.82 Å². The van der Waals surface area contributed by atoms with Gasteiger partial charge in [-0.05, 0) is 11.8 Å². The zero-order valence-corrected chi connectivity index (χ0v) is 17.0. The van der Waals surface area contributed by atoms with Crippen LogP contribution in [0.2, 0.25) is 0 Å². The van der Waals surface area contributed by atoms with Crippen molar-refractivity contribution < 1.29 is 23.6 Å². The number of ether oxygens (including phenoxy) is 1. The molecule has 0 aromatic rings. The van der Waals surface area contributed by atoms with E-state index >= 15 is 0 Å². The van der Waals surface area contributed by atoms with E-state index in [1.807, 2.05) is 6.08 Å². The summed E-state index contributed by atoms with van der Waals surface area (Å²) in [5, 5.41) is 0. The van der Waals surface area contributed by atoms with E-state index in [2.05, 4.69) is 38.8 Å². The lowest BCUT2D eigenvalue weighted by atomic mass is 9.98. The topological polar surface area (TPSA) is 76.0 Å². The Labute approximate surface area is 149 Å². The summed E-state index contributed by atoms with van der Waals surface area (Å²) in [6.07, 6.45) is 11.9. The predicted octanol–water partition coefficient (Wildman–Crippen LogP) is 5.47. The Morgan fingerprint density at radius 1 is 0.917 bits per heavy atom. The second-order valence-corrected chi connectivity index (χ2v) is 8.22. The van der Waals surface area contributed by atoms with Crippen molar-refractivity contribution in [2.45, 2.75) is 79.1 Å². The number of hydrogen-bond donors (Lipinski definition) is 2. The summed E-state index contributed by atoms with van der Waals surface area (Å²) in [5.41, 5.74) is 0.306. The van der Waals surface area contributed by atoms with E-state index in [1.54, 1.807) is 0 Å². The molecule has 0 aliphatic heterocycles. The van der Waals surface area contributed by atoms with E-state index in [9.17, 15) is 4.57 Å². The van der Waals surface area contributed by atoms with Gasteiger partial charge < -0.3 is 14.5 Å². The second-order valence-electron chi connectivity index (χ2n) is 6.98. The third kappa shape index (κ3) is 29.8. The first-order valence-corrected chi connectivity index (χ1v) is 10.6. The fraction of sp³-hybridized carbons (Fsp3) is 0.889. The lowest BCUT2D eigenvalue weighted by molar-refractivity contribution is 0.0831. The van der Waals surface area contributed by atoms with Gasteiger partial charge in [0, 0.05) is 6.61 Å². The average molecular weight is 366 g/mol. The molecule has 0 heterocycles. The van der Waals surface area contributed by atoms with Crippen LogP contribution in [0.3, 0.4) is 0 Å². The van der Waals surface area contributed by atoms with Gasteiger partial charge >= 0.3 is 7.82 Å². The van der Waals surface area contributed by atoms with Crippen LogP contribution < -0.4 is 0 Å². The molecular formula is C18H39O5P. The van der Waals surface area contributed by atoms with Crippen molar-refractivity contribution in [2.75, 3.05) is 19.8 Å². The van der Waals surface area contributed by atoms with E-state index in [4.69, 9.17) is 14.5 Å². The summed E-state index contributed by atoms with van der Waals surface area (Å²) in [6, 6.07) is 0. The molecule has 0 amide bonds. The van der Waals surface area contributed by atoms with Gasteiger partial charge in [-0.3, -0.25) is 4.52 Å². The lowest BCUT2D eigenvalue weighted by Gasteiger charge is -2.08. The molecule has 24 heavy (non-hydrogen) atoms. The van der Waals surface area contributed by atoms with Gasteiger partial charge in [-0.25, -0.2) is 4.57 Å². The largest absolute Gasteiger partial charge is 0.469 e. The second kappa shape index (κ2) is 16.3. The summed E-state index contributed by atoms with van der Waals surface area (Å²) in [6.45, 7) is 13.0. The van der Waals surface area contributed by atoms with Crippen LogP contribution >= 0.6 is 7.82 Å². The van der Waals surface area contributed by atoms with Crippen molar-refractivity contribution in [1.29, 1.82) is 0 Å². The van der Waals surface area contributed by atoms with Crippen molar-refractivity contribution in [2.24, 2.45) is 5.41 Å². The smallest absolute Gasteiger partial charge is 0.379 e. The van der Waals surface area contributed by atoms with Crippen LogP contribution in [0.15, 0.2) is 12.7 Å². The van der Waals surface area contributed by atoms with Crippen molar-refractivity contribution in [3.8, 4) is 0 Å². The van der Waals surface area contributed by atoms with Crippen LogP contribution in [-0.4, -0.2) is 29.6 Å². The van der Waals surface area contributed by atoms with Gasteiger partial charge in [-0.15, -0.1) is 6.58 Å². The molecular weight excluding hydrogens is 327 g/mol. The highest BCUT2D eigenvalue weighted by Gasteiger charge is 2.12. The zero-order valence-electron chi connectivity index (χ0n) is 16.1. The number of unbranched alkanes of at least 4 members (excludes halogenated alkanes) is 7. The molecule has 0 atom stereocenters. The number of allylic oxidation sites excluding steroid dienone is 1. The summed E-state index contributed by atoms with van der Waals surface area (Å²) >= 11 is 0. The Kier molecular flexibility index (Phi) is 17.7. The maximum Gasteiger partial charge on any atom is 0.469 e. The highest BCUT2D eigenvalue weighted by Crippen LogP contribution is 2.35. The molecule has 2 N–H and O–H groups in total. The zero-order chi connectivity index (χ0) is 18.9. The molecule has 0 rings (SSSR count). The normalized spacial score (nSPS) is 11.8. The molecule has 0 saturated heterocycles. The van der Waals surface area contributed by atoms with Crippen LogP contribution in [0.1, 0.15) is 79.1 Å². The Balaban J connectivity index is 0. The minimum atomic E-state index is -4.33. The minimum Gasteiger partial charge on any atom is -0.379 e. The minimum absolute atomic E-state index is 0.0543. The number of hydrogen-bond acceptors (Lipinski definition) is 3. The summed E-state index contributed by atoms with van der Waals surface area (Å²) in [7, 11) is -4.33. The SMILES string of the molecule is C=CC(C)(C)C.CCCCCCCCCCOCCOP(=O)(O)O. The molecule has 0 fully saturated rings. The number of phosphoric ester groups is 1. The van der Waals surface area contributed by atoms with E-state index in [0.29, 0.717) is 12.0 Å². The molecule has 0 aliphatic rings. The summed E-state index contributed by atoms with van der Waals surface area (Å²) in [5.74, 6) is 0. The summed E-state index contributed by atoms with van der Waals surface area (Å²) in [4.78, 5) is 16.8. The van der Waals surface area contributed by atoms with Crippen LogP contribution in [0.5, 0.6) is 0 Å². The molecule has 5 nitrogen and oxygen atoms in total. The first-order chi connectivity index (χ1) is 11.1. The first-order valence-electron chi connectivity index (χ1n) is 9.04. The van der Waals surface area contributed by atoms with Gasteiger partial charge in [-0.1, -0.05) is 78.7 Å². The van der Waals surface area contributed by atoms with Crippen LogP contribution in [0, 0.1) is 5.41 Å². The Bertz CT molecular complexity index is 320.